The van der Waals surface area contributed by atoms with E-state index in [1.165, 1.54) is 6.07 Å². The van der Waals surface area contributed by atoms with Crippen molar-refractivity contribution in [2.24, 2.45) is 5.92 Å². The molecule has 0 radical (unpaired) electrons. The molecule has 0 amide bonds. The smallest absolute Gasteiger partial charge is 0.337 e. The zero-order valence-electron chi connectivity index (χ0n) is 9.82. The fraction of sp³-hybridized carbons (Fsp3) is 0.462. The van der Waals surface area contributed by atoms with E-state index in [-0.39, 0.29) is 0 Å². The van der Waals surface area contributed by atoms with Crippen LogP contribution in [0.25, 0.3) is 0 Å². The van der Waals surface area contributed by atoms with Crippen LogP contribution in [0, 0.1) is 5.92 Å². The predicted molar refractivity (Wildman–Crippen MR) is 69.0 cm³/mol. The number of hydrogen-bond acceptors (Lipinski definition) is 2. The van der Waals surface area contributed by atoms with Gasteiger partial charge in [0.05, 0.1) is 11.3 Å². The summed E-state index contributed by atoms with van der Waals surface area (Å²) in [6.45, 7) is 4.05. The maximum atomic E-state index is 11.2. The molecular weight excluding hydrogens is 238 g/mol. The van der Waals surface area contributed by atoms with Gasteiger partial charge in [-0.2, -0.15) is 0 Å². The van der Waals surface area contributed by atoms with Crippen LogP contribution < -0.4 is 4.90 Å². The number of carbonyl (C=O) groups is 1. The van der Waals surface area contributed by atoms with Gasteiger partial charge in [-0.1, -0.05) is 24.9 Å². The molecule has 1 aromatic rings. The third-order valence-electron chi connectivity index (χ3n) is 3.39. The van der Waals surface area contributed by atoms with Gasteiger partial charge in [0, 0.05) is 18.1 Å². The summed E-state index contributed by atoms with van der Waals surface area (Å²) < 4.78 is 0. The molecule has 0 spiro atoms. The highest BCUT2D eigenvalue weighted by Gasteiger charge is 2.24. The van der Waals surface area contributed by atoms with Crippen LogP contribution in [-0.4, -0.2) is 24.2 Å². The molecule has 1 fully saturated rings. The lowest BCUT2D eigenvalue weighted by atomic mass is 10.1. The van der Waals surface area contributed by atoms with E-state index in [9.17, 15) is 9.90 Å². The van der Waals surface area contributed by atoms with Crippen LogP contribution >= 0.6 is 11.6 Å². The summed E-state index contributed by atoms with van der Waals surface area (Å²) in [6.07, 6.45) is 2.28. The van der Waals surface area contributed by atoms with E-state index in [2.05, 4.69) is 11.8 Å². The zero-order valence-corrected chi connectivity index (χ0v) is 10.6. The Kier molecular flexibility index (Phi) is 3.57. The molecule has 0 bridgehead atoms. The largest absolute Gasteiger partial charge is 0.478 e. The second-order valence-electron chi connectivity index (χ2n) is 4.48. The summed E-state index contributed by atoms with van der Waals surface area (Å²) in [5.74, 6) is -0.241. The highest BCUT2D eigenvalue weighted by molar-refractivity contribution is 6.31. The molecule has 4 heteroatoms. The summed E-state index contributed by atoms with van der Waals surface area (Å²) in [5, 5.41) is 9.66. The van der Waals surface area contributed by atoms with E-state index in [0.29, 0.717) is 16.5 Å². The van der Waals surface area contributed by atoms with Crippen LogP contribution in [0.2, 0.25) is 5.02 Å². The highest BCUT2D eigenvalue weighted by atomic mass is 35.5. The van der Waals surface area contributed by atoms with Gasteiger partial charge in [0.25, 0.3) is 0 Å². The van der Waals surface area contributed by atoms with Crippen LogP contribution in [0.1, 0.15) is 30.1 Å². The van der Waals surface area contributed by atoms with Crippen molar-refractivity contribution in [3.63, 3.8) is 0 Å². The molecule has 2 rings (SSSR count). The molecule has 1 aliphatic heterocycles. The molecule has 1 saturated heterocycles. The van der Waals surface area contributed by atoms with Gasteiger partial charge in [0.15, 0.2) is 0 Å². The van der Waals surface area contributed by atoms with Crippen molar-refractivity contribution in [1.29, 1.82) is 0 Å². The zero-order chi connectivity index (χ0) is 12.4. The Bertz CT molecular complexity index is 433. The quantitative estimate of drug-likeness (QED) is 0.899. The molecule has 0 saturated carbocycles. The molecule has 1 N–H and O–H groups in total. The summed E-state index contributed by atoms with van der Waals surface area (Å²) in [5.41, 5.74) is 1.09. The monoisotopic (exact) mass is 253 g/mol. The van der Waals surface area contributed by atoms with Gasteiger partial charge in [-0.25, -0.2) is 4.79 Å². The number of halogens is 1. The third-order valence-corrected chi connectivity index (χ3v) is 3.63. The average molecular weight is 254 g/mol. The molecule has 1 heterocycles. The van der Waals surface area contributed by atoms with Crippen molar-refractivity contribution < 1.29 is 9.90 Å². The van der Waals surface area contributed by atoms with Gasteiger partial charge in [-0.3, -0.25) is 0 Å². The minimum Gasteiger partial charge on any atom is -0.478 e. The third kappa shape index (κ3) is 2.55. The number of aromatic carboxylic acids is 1. The summed E-state index contributed by atoms with van der Waals surface area (Å²) in [4.78, 5) is 13.3. The first-order valence-corrected chi connectivity index (χ1v) is 6.27. The van der Waals surface area contributed by atoms with Crippen molar-refractivity contribution in [2.75, 3.05) is 18.0 Å². The lowest BCUT2D eigenvalue weighted by Gasteiger charge is -2.20. The Morgan fingerprint density at radius 3 is 2.94 bits per heavy atom. The Morgan fingerprint density at radius 1 is 1.59 bits per heavy atom. The molecule has 1 unspecified atom stereocenters. The summed E-state index contributed by atoms with van der Waals surface area (Å²) in [6, 6.07) is 5.09. The van der Waals surface area contributed by atoms with Crippen molar-refractivity contribution in [2.45, 2.75) is 19.8 Å². The Labute approximate surface area is 106 Å². The van der Waals surface area contributed by atoms with Gasteiger partial charge < -0.3 is 10.0 Å². The predicted octanol–water partition coefficient (Wildman–Crippen LogP) is 3.27. The van der Waals surface area contributed by atoms with E-state index in [4.69, 9.17) is 11.6 Å². The van der Waals surface area contributed by atoms with Crippen molar-refractivity contribution in [3.8, 4) is 0 Å². The lowest BCUT2D eigenvalue weighted by Crippen LogP contribution is -2.22. The Hall–Kier alpha value is -1.22. The maximum absolute atomic E-state index is 11.2. The number of carboxylic acid groups (broad SMARTS) is 1. The normalized spacial score (nSPS) is 19.6. The molecule has 1 atom stereocenters. The first-order valence-electron chi connectivity index (χ1n) is 5.89. The average Bonchev–Trinajstić information content (AvgIpc) is 2.77. The second-order valence-corrected chi connectivity index (χ2v) is 4.91. The minimum atomic E-state index is -0.914. The minimum absolute atomic E-state index is 0.300. The van der Waals surface area contributed by atoms with Gasteiger partial charge in [0.1, 0.15) is 0 Å². The molecule has 17 heavy (non-hydrogen) atoms. The van der Waals surface area contributed by atoms with Crippen molar-refractivity contribution in [1.82, 2.24) is 0 Å². The number of anilines is 1. The van der Waals surface area contributed by atoms with Crippen LogP contribution in [0.3, 0.4) is 0 Å². The first kappa shape index (κ1) is 12.2. The molecular formula is C13H16ClNO2. The highest BCUT2D eigenvalue weighted by Crippen LogP contribution is 2.30. The standard InChI is InChI=1S/C13H16ClNO2/c1-2-9-5-6-15(8-9)12-4-3-10(14)7-11(12)13(16)17/h3-4,7,9H,2,5-6,8H2,1H3,(H,16,17). The van der Waals surface area contributed by atoms with E-state index < -0.39 is 5.97 Å². The SMILES string of the molecule is CCC1CCN(c2ccc(Cl)cc2C(=O)O)C1. The maximum Gasteiger partial charge on any atom is 0.337 e. The number of benzene rings is 1. The first-order chi connectivity index (χ1) is 8.11. The van der Waals surface area contributed by atoms with E-state index in [1.54, 1.807) is 6.07 Å². The summed E-state index contributed by atoms with van der Waals surface area (Å²) in [7, 11) is 0. The van der Waals surface area contributed by atoms with Gasteiger partial charge in [0.2, 0.25) is 0 Å². The van der Waals surface area contributed by atoms with Crippen LogP contribution in [0.15, 0.2) is 18.2 Å². The van der Waals surface area contributed by atoms with E-state index in [1.807, 2.05) is 6.07 Å². The summed E-state index contributed by atoms with van der Waals surface area (Å²) >= 11 is 5.84. The van der Waals surface area contributed by atoms with Gasteiger partial charge in [-0.15, -0.1) is 0 Å². The fourth-order valence-corrected chi connectivity index (χ4v) is 2.51. The fourth-order valence-electron chi connectivity index (χ4n) is 2.34. The number of nitrogens with zero attached hydrogens (tertiary/aromatic N) is 1. The second kappa shape index (κ2) is 4.96. The van der Waals surface area contributed by atoms with E-state index >= 15 is 0 Å². The van der Waals surface area contributed by atoms with Crippen molar-refractivity contribution in [3.05, 3.63) is 28.8 Å². The molecule has 1 aliphatic rings. The molecule has 1 aromatic carbocycles. The molecule has 0 aliphatic carbocycles. The molecule has 3 nitrogen and oxygen atoms in total. The van der Waals surface area contributed by atoms with Crippen LogP contribution in [0.4, 0.5) is 5.69 Å². The van der Waals surface area contributed by atoms with Crippen LogP contribution in [0.5, 0.6) is 0 Å². The Balaban J connectivity index is 2.29. The number of rotatable bonds is 3. The van der Waals surface area contributed by atoms with Crippen LogP contribution in [-0.2, 0) is 0 Å². The molecule has 0 aromatic heterocycles. The molecule has 92 valence electrons. The Morgan fingerprint density at radius 2 is 2.35 bits per heavy atom. The van der Waals surface area contributed by atoms with Crippen molar-refractivity contribution >= 4 is 23.3 Å². The number of hydrogen-bond donors (Lipinski definition) is 1. The topological polar surface area (TPSA) is 40.5 Å². The van der Waals surface area contributed by atoms with E-state index in [0.717, 1.165) is 31.6 Å². The number of carboxylic acids is 1. The van der Waals surface area contributed by atoms with Gasteiger partial charge in [-0.05, 0) is 30.5 Å². The lowest BCUT2D eigenvalue weighted by molar-refractivity contribution is 0.0697. The van der Waals surface area contributed by atoms with Gasteiger partial charge >= 0.3 is 5.97 Å².